The van der Waals surface area contributed by atoms with Crippen molar-refractivity contribution in [3.63, 3.8) is 0 Å². The van der Waals surface area contributed by atoms with Gasteiger partial charge in [-0.05, 0) is 24.6 Å². The zero-order chi connectivity index (χ0) is 11.4. The van der Waals surface area contributed by atoms with Gasteiger partial charge in [0.2, 0.25) is 0 Å². The van der Waals surface area contributed by atoms with Gasteiger partial charge in [-0.2, -0.15) is 0 Å². The van der Waals surface area contributed by atoms with Gasteiger partial charge in [-0.3, -0.25) is 0 Å². The second-order valence-electron chi connectivity index (χ2n) is 3.56. The summed E-state index contributed by atoms with van der Waals surface area (Å²) >= 11 is 0. The molecule has 1 heterocycles. The summed E-state index contributed by atoms with van der Waals surface area (Å²) in [5.41, 5.74) is 1.21. The lowest BCUT2D eigenvalue weighted by Gasteiger charge is -2.04. The molecule has 0 fully saturated rings. The van der Waals surface area contributed by atoms with Gasteiger partial charge in [-0.15, -0.1) is 10.2 Å². The second-order valence-corrected chi connectivity index (χ2v) is 3.56. The summed E-state index contributed by atoms with van der Waals surface area (Å²) in [5, 5.41) is 8.02. The highest BCUT2D eigenvalue weighted by Gasteiger charge is 2.03. The molecule has 4 nitrogen and oxygen atoms in total. The first-order valence-corrected chi connectivity index (χ1v) is 5.33. The van der Waals surface area contributed by atoms with Gasteiger partial charge in [-0.1, -0.05) is 12.1 Å². The van der Waals surface area contributed by atoms with E-state index in [-0.39, 0.29) is 0 Å². The molecule has 1 aromatic carbocycles. The Kier molecular flexibility index (Phi) is 3.19. The quantitative estimate of drug-likeness (QED) is 0.785. The van der Waals surface area contributed by atoms with Crippen LogP contribution in [0.1, 0.15) is 18.3 Å². The van der Waals surface area contributed by atoms with Crippen molar-refractivity contribution in [2.75, 3.05) is 7.11 Å². The van der Waals surface area contributed by atoms with E-state index in [0.717, 1.165) is 24.5 Å². The average Bonchev–Trinajstić information content (AvgIpc) is 2.77. The number of nitrogens with zero attached hydrogens (tertiary/aromatic N) is 3. The van der Waals surface area contributed by atoms with E-state index in [0.29, 0.717) is 0 Å². The molecule has 16 heavy (non-hydrogen) atoms. The number of rotatable bonds is 4. The minimum absolute atomic E-state index is 0.803. The van der Waals surface area contributed by atoms with E-state index in [2.05, 4.69) is 17.1 Å². The average molecular weight is 217 g/mol. The molecular weight excluding hydrogens is 202 g/mol. The molecule has 0 bridgehead atoms. The molecule has 84 valence electrons. The van der Waals surface area contributed by atoms with Crippen molar-refractivity contribution < 1.29 is 4.74 Å². The van der Waals surface area contributed by atoms with Gasteiger partial charge in [0.15, 0.2) is 0 Å². The van der Waals surface area contributed by atoms with Crippen molar-refractivity contribution in [1.82, 2.24) is 14.8 Å². The van der Waals surface area contributed by atoms with Crippen molar-refractivity contribution in [3.05, 3.63) is 42.0 Å². The molecule has 0 atom stereocenters. The first kappa shape index (κ1) is 10.7. The molecule has 0 saturated heterocycles. The van der Waals surface area contributed by atoms with Gasteiger partial charge >= 0.3 is 0 Å². The molecule has 0 spiro atoms. The molecule has 0 amide bonds. The van der Waals surface area contributed by atoms with Crippen LogP contribution in [0.2, 0.25) is 0 Å². The number of hydrogen-bond acceptors (Lipinski definition) is 3. The zero-order valence-electron chi connectivity index (χ0n) is 9.55. The van der Waals surface area contributed by atoms with E-state index in [4.69, 9.17) is 4.74 Å². The van der Waals surface area contributed by atoms with Gasteiger partial charge in [0.05, 0.1) is 7.11 Å². The lowest BCUT2D eigenvalue weighted by molar-refractivity contribution is 0.414. The number of benzene rings is 1. The first-order chi connectivity index (χ1) is 7.83. The number of hydrogen-bond donors (Lipinski definition) is 0. The standard InChI is InChI=1S/C12H15N3O/c1-3-15-9-13-14-12(15)8-10-4-6-11(16-2)7-5-10/h4-7,9H,3,8H2,1-2H3. The maximum absolute atomic E-state index is 5.12. The SMILES string of the molecule is CCn1cnnc1Cc1ccc(OC)cc1. The number of aromatic nitrogens is 3. The van der Waals surface area contributed by atoms with E-state index in [1.165, 1.54) is 5.56 Å². The Morgan fingerprint density at radius 2 is 2.00 bits per heavy atom. The van der Waals surface area contributed by atoms with Crippen molar-refractivity contribution >= 4 is 0 Å². The summed E-state index contributed by atoms with van der Waals surface area (Å²) in [7, 11) is 1.67. The molecule has 0 N–H and O–H groups in total. The minimum atomic E-state index is 0.803. The molecule has 1 aromatic heterocycles. The second kappa shape index (κ2) is 4.79. The van der Waals surface area contributed by atoms with Gasteiger partial charge in [0.1, 0.15) is 17.9 Å². The van der Waals surface area contributed by atoms with Crippen molar-refractivity contribution in [2.24, 2.45) is 0 Å². The fraction of sp³-hybridized carbons (Fsp3) is 0.333. The van der Waals surface area contributed by atoms with Gasteiger partial charge in [-0.25, -0.2) is 0 Å². The van der Waals surface area contributed by atoms with Crippen LogP contribution in [0.25, 0.3) is 0 Å². The molecule has 4 heteroatoms. The molecule has 0 saturated carbocycles. The molecule has 0 aliphatic heterocycles. The lowest BCUT2D eigenvalue weighted by Crippen LogP contribution is -2.01. The highest BCUT2D eigenvalue weighted by atomic mass is 16.5. The van der Waals surface area contributed by atoms with E-state index in [1.807, 2.05) is 28.8 Å². The Morgan fingerprint density at radius 1 is 1.25 bits per heavy atom. The molecule has 0 aliphatic carbocycles. The Morgan fingerprint density at radius 3 is 2.62 bits per heavy atom. The van der Waals surface area contributed by atoms with Crippen LogP contribution in [-0.4, -0.2) is 21.9 Å². The summed E-state index contributed by atoms with van der Waals surface area (Å²) in [6, 6.07) is 8.02. The first-order valence-electron chi connectivity index (χ1n) is 5.33. The molecule has 2 aromatic rings. The Bertz CT molecular complexity index is 448. The smallest absolute Gasteiger partial charge is 0.137 e. The predicted molar refractivity (Wildman–Crippen MR) is 61.5 cm³/mol. The zero-order valence-corrected chi connectivity index (χ0v) is 9.55. The number of aryl methyl sites for hydroxylation is 1. The highest BCUT2D eigenvalue weighted by Crippen LogP contribution is 2.13. The Balaban J connectivity index is 2.14. The van der Waals surface area contributed by atoms with Gasteiger partial charge < -0.3 is 9.30 Å². The van der Waals surface area contributed by atoms with Crippen molar-refractivity contribution in [1.29, 1.82) is 0 Å². The van der Waals surface area contributed by atoms with E-state index >= 15 is 0 Å². The molecule has 0 aliphatic rings. The third kappa shape index (κ3) is 2.21. The largest absolute Gasteiger partial charge is 0.497 e. The summed E-state index contributed by atoms with van der Waals surface area (Å²) in [5.74, 6) is 1.87. The number of methoxy groups -OCH3 is 1. The Labute approximate surface area is 94.9 Å². The van der Waals surface area contributed by atoms with Crippen LogP contribution in [0.4, 0.5) is 0 Å². The van der Waals surface area contributed by atoms with Crippen LogP contribution < -0.4 is 4.74 Å². The summed E-state index contributed by atoms with van der Waals surface area (Å²) < 4.78 is 7.16. The maximum atomic E-state index is 5.12. The van der Waals surface area contributed by atoms with Gasteiger partial charge in [0.25, 0.3) is 0 Å². The van der Waals surface area contributed by atoms with Crippen LogP contribution in [0.3, 0.4) is 0 Å². The summed E-state index contributed by atoms with van der Waals surface area (Å²) in [6.07, 6.45) is 2.57. The van der Waals surface area contributed by atoms with Crippen LogP contribution in [0.15, 0.2) is 30.6 Å². The van der Waals surface area contributed by atoms with Gasteiger partial charge in [0, 0.05) is 13.0 Å². The third-order valence-corrected chi connectivity index (χ3v) is 2.56. The molecule has 0 unspecified atom stereocenters. The molecule has 0 radical (unpaired) electrons. The fourth-order valence-corrected chi connectivity index (χ4v) is 1.61. The minimum Gasteiger partial charge on any atom is -0.497 e. The van der Waals surface area contributed by atoms with E-state index in [1.54, 1.807) is 13.4 Å². The Hall–Kier alpha value is -1.84. The monoisotopic (exact) mass is 217 g/mol. The summed E-state index contributed by atoms with van der Waals surface area (Å²) in [4.78, 5) is 0. The van der Waals surface area contributed by atoms with Crippen LogP contribution in [-0.2, 0) is 13.0 Å². The topological polar surface area (TPSA) is 39.9 Å². The summed E-state index contributed by atoms with van der Waals surface area (Å²) in [6.45, 7) is 2.99. The third-order valence-electron chi connectivity index (χ3n) is 2.56. The normalized spacial score (nSPS) is 10.4. The lowest BCUT2D eigenvalue weighted by atomic mass is 10.1. The van der Waals surface area contributed by atoms with E-state index in [9.17, 15) is 0 Å². The van der Waals surface area contributed by atoms with Crippen molar-refractivity contribution in [3.8, 4) is 5.75 Å². The fourth-order valence-electron chi connectivity index (χ4n) is 1.61. The molecular formula is C12H15N3O. The predicted octanol–water partition coefficient (Wildman–Crippen LogP) is 1.90. The molecule has 2 rings (SSSR count). The van der Waals surface area contributed by atoms with Crippen LogP contribution >= 0.6 is 0 Å². The van der Waals surface area contributed by atoms with E-state index < -0.39 is 0 Å². The maximum Gasteiger partial charge on any atom is 0.137 e. The van der Waals surface area contributed by atoms with Crippen LogP contribution in [0.5, 0.6) is 5.75 Å². The number of ether oxygens (including phenoxy) is 1. The van der Waals surface area contributed by atoms with Crippen LogP contribution in [0, 0.1) is 0 Å². The van der Waals surface area contributed by atoms with Crippen molar-refractivity contribution in [2.45, 2.75) is 19.9 Å². The highest BCUT2D eigenvalue weighted by molar-refractivity contribution is 5.28.